The number of carbonyl (C=O) groups is 2. The van der Waals surface area contributed by atoms with Gasteiger partial charge in [-0.25, -0.2) is 0 Å². The van der Waals surface area contributed by atoms with Crippen LogP contribution in [0.1, 0.15) is 33.4 Å². The van der Waals surface area contributed by atoms with Crippen molar-refractivity contribution in [3.05, 3.63) is 77.6 Å². The van der Waals surface area contributed by atoms with Gasteiger partial charge in [0.05, 0.1) is 19.5 Å². The van der Waals surface area contributed by atoms with Gasteiger partial charge in [0, 0.05) is 17.8 Å². The second kappa shape index (κ2) is 12.2. The van der Waals surface area contributed by atoms with Crippen LogP contribution in [0.5, 0.6) is 5.75 Å². The molecule has 0 saturated carbocycles. The van der Waals surface area contributed by atoms with Crippen molar-refractivity contribution in [3.63, 3.8) is 0 Å². The highest BCUT2D eigenvalue weighted by Crippen LogP contribution is 2.23. The summed E-state index contributed by atoms with van der Waals surface area (Å²) in [4.78, 5) is 25.3. The van der Waals surface area contributed by atoms with Gasteiger partial charge in [-0.15, -0.1) is 16.8 Å². The molecule has 0 bridgehead atoms. The number of amides is 2. The Morgan fingerprint density at radius 1 is 1.20 bits per heavy atom. The molecule has 0 saturated heterocycles. The number of anilines is 1. The minimum absolute atomic E-state index is 0.116. The molecule has 3 aromatic rings. The summed E-state index contributed by atoms with van der Waals surface area (Å²) in [6.45, 7) is 7.64. The molecule has 0 radical (unpaired) electrons. The normalized spacial score (nSPS) is 11.5. The first kappa shape index (κ1) is 26.0. The van der Waals surface area contributed by atoms with Crippen LogP contribution in [0.2, 0.25) is 0 Å². The molecule has 1 heterocycles. The summed E-state index contributed by atoms with van der Waals surface area (Å²) in [5.41, 5.74) is 3.22. The van der Waals surface area contributed by atoms with E-state index in [9.17, 15) is 14.7 Å². The number of nitrogens with one attached hydrogen (secondary N) is 2. The molecule has 184 valence electrons. The Morgan fingerprint density at radius 3 is 2.60 bits per heavy atom. The van der Waals surface area contributed by atoms with Gasteiger partial charge in [0.1, 0.15) is 11.8 Å². The van der Waals surface area contributed by atoms with Gasteiger partial charge < -0.3 is 25.0 Å². The molecule has 10 heteroatoms. The highest BCUT2D eigenvalue weighted by atomic mass is 32.2. The van der Waals surface area contributed by atoms with Crippen LogP contribution in [0.4, 0.5) is 5.69 Å². The molecule has 1 atom stereocenters. The van der Waals surface area contributed by atoms with Crippen LogP contribution >= 0.6 is 11.8 Å². The van der Waals surface area contributed by atoms with Crippen LogP contribution in [0, 0.1) is 13.8 Å². The van der Waals surface area contributed by atoms with E-state index in [1.807, 2.05) is 32.0 Å². The van der Waals surface area contributed by atoms with E-state index in [1.54, 1.807) is 42.0 Å². The molecular weight excluding hydrogens is 466 g/mol. The molecule has 0 fully saturated rings. The van der Waals surface area contributed by atoms with Crippen molar-refractivity contribution in [2.24, 2.45) is 0 Å². The zero-order valence-corrected chi connectivity index (χ0v) is 20.8. The van der Waals surface area contributed by atoms with E-state index in [0.29, 0.717) is 28.8 Å². The predicted octanol–water partition coefficient (Wildman–Crippen LogP) is 3.28. The minimum Gasteiger partial charge on any atom is -0.497 e. The highest BCUT2D eigenvalue weighted by Gasteiger charge is 2.23. The van der Waals surface area contributed by atoms with Crippen LogP contribution < -0.4 is 15.4 Å². The highest BCUT2D eigenvalue weighted by molar-refractivity contribution is 7.99. The summed E-state index contributed by atoms with van der Waals surface area (Å²) in [5.74, 6) is 0.567. The largest absolute Gasteiger partial charge is 0.497 e. The monoisotopic (exact) mass is 495 g/mol. The summed E-state index contributed by atoms with van der Waals surface area (Å²) in [5, 5.41) is 24.5. The van der Waals surface area contributed by atoms with Gasteiger partial charge in [-0.1, -0.05) is 30.0 Å². The maximum absolute atomic E-state index is 12.7. The zero-order chi connectivity index (χ0) is 25.4. The third-order valence-corrected chi connectivity index (χ3v) is 6.18. The number of carbonyl (C=O) groups excluding carboxylic acids is 2. The van der Waals surface area contributed by atoms with E-state index in [1.165, 1.54) is 11.8 Å². The molecule has 3 N–H and O–H groups in total. The molecule has 1 aromatic heterocycles. The molecule has 0 spiro atoms. The smallest absolute Gasteiger partial charge is 0.251 e. The Morgan fingerprint density at radius 2 is 1.94 bits per heavy atom. The Bertz CT molecular complexity index is 1190. The van der Waals surface area contributed by atoms with E-state index in [2.05, 4.69) is 27.4 Å². The molecule has 0 unspecified atom stereocenters. The number of hydrogen-bond acceptors (Lipinski definition) is 7. The predicted molar refractivity (Wildman–Crippen MR) is 136 cm³/mol. The van der Waals surface area contributed by atoms with Gasteiger partial charge in [0.25, 0.3) is 5.91 Å². The second-order valence-corrected chi connectivity index (χ2v) is 8.77. The number of ether oxygens (including phenoxy) is 1. The number of aromatic nitrogens is 3. The maximum atomic E-state index is 12.7. The number of allylic oxidation sites excluding steroid dienone is 1. The molecule has 0 aliphatic rings. The number of thioether (sulfide) groups is 1. The fraction of sp³-hybridized carbons (Fsp3) is 0.280. The maximum Gasteiger partial charge on any atom is 0.251 e. The Kier molecular flexibility index (Phi) is 9.04. The van der Waals surface area contributed by atoms with E-state index < -0.39 is 6.04 Å². The minimum atomic E-state index is -0.796. The van der Waals surface area contributed by atoms with Gasteiger partial charge in [-0.05, 0) is 55.3 Å². The van der Waals surface area contributed by atoms with E-state index in [4.69, 9.17) is 4.74 Å². The topological polar surface area (TPSA) is 118 Å². The lowest BCUT2D eigenvalue weighted by atomic mass is 10.1. The summed E-state index contributed by atoms with van der Waals surface area (Å²) in [7, 11) is 1.55. The van der Waals surface area contributed by atoms with Gasteiger partial charge in [0.15, 0.2) is 11.0 Å². The molecule has 0 aliphatic carbocycles. The van der Waals surface area contributed by atoms with Crippen LogP contribution in [-0.2, 0) is 11.3 Å². The van der Waals surface area contributed by atoms with Gasteiger partial charge in [-0.2, -0.15) is 0 Å². The van der Waals surface area contributed by atoms with Crippen molar-refractivity contribution >= 4 is 29.3 Å². The summed E-state index contributed by atoms with van der Waals surface area (Å²) >= 11 is 1.21. The first-order valence-electron chi connectivity index (χ1n) is 11.0. The van der Waals surface area contributed by atoms with Crippen molar-refractivity contribution in [2.45, 2.75) is 31.6 Å². The van der Waals surface area contributed by atoms with Gasteiger partial charge >= 0.3 is 0 Å². The molecule has 35 heavy (non-hydrogen) atoms. The third kappa shape index (κ3) is 6.71. The number of aryl methyl sites for hydroxylation is 2. The van der Waals surface area contributed by atoms with Crippen molar-refractivity contribution in [2.75, 3.05) is 24.8 Å². The molecule has 3 rings (SSSR count). The lowest BCUT2D eigenvalue weighted by molar-refractivity contribution is -0.113. The van der Waals surface area contributed by atoms with Crippen molar-refractivity contribution < 1.29 is 19.4 Å². The first-order valence-corrected chi connectivity index (χ1v) is 11.9. The number of benzene rings is 2. The van der Waals surface area contributed by atoms with Crippen LogP contribution in [0.15, 0.2) is 60.3 Å². The zero-order valence-electron chi connectivity index (χ0n) is 19.9. The Labute approximate surface area is 208 Å². The molecule has 2 aromatic carbocycles. The van der Waals surface area contributed by atoms with Gasteiger partial charge in [0.2, 0.25) is 5.91 Å². The number of aliphatic hydroxyl groups is 1. The molecule has 0 aliphatic heterocycles. The standard InChI is InChI=1S/C25H29N5O4S/c1-5-12-30-23(21(14-31)27-24(33)18-8-10-19(34-4)11-9-18)28-29-25(30)35-15-22(32)26-20-13-16(2)6-7-17(20)3/h5-11,13,21,31H,1,12,14-15H2,2-4H3,(H,26,32)(H,27,33)/t21-/m1/s1. The fourth-order valence-corrected chi connectivity index (χ4v) is 4.08. The molecule has 9 nitrogen and oxygen atoms in total. The van der Waals surface area contributed by atoms with Crippen molar-refractivity contribution in [1.82, 2.24) is 20.1 Å². The van der Waals surface area contributed by atoms with Crippen LogP contribution in [0.3, 0.4) is 0 Å². The number of nitrogens with zero attached hydrogens (tertiary/aromatic N) is 3. The molecule has 2 amide bonds. The van der Waals surface area contributed by atoms with Crippen molar-refractivity contribution in [3.8, 4) is 5.75 Å². The van der Waals surface area contributed by atoms with E-state index >= 15 is 0 Å². The fourth-order valence-electron chi connectivity index (χ4n) is 3.33. The summed E-state index contributed by atoms with van der Waals surface area (Å²) < 4.78 is 6.84. The average molecular weight is 496 g/mol. The Balaban J connectivity index is 1.71. The lowest BCUT2D eigenvalue weighted by Crippen LogP contribution is -2.33. The first-order chi connectivity index (χ1) is 16.9. The second-order valence-electron chi connectivity index (χ2n) is 7.83. The quantitative estimate of drug-likeness (QED) is 0.276. The van der Waals surface area contributed by atoms with E-state index in [-0.39, 0.29) is 24.2 Å². The lowest BCUT2D eigenvalue weighted by Gasteiger charge is -2.17. The SMILES string of the molecule is C=CCn1c(SCC(=O)Nc2cc(C)ccc2C)nnc1[C@@H](CO)NC(=O)c1ccc(OC)cc1. The number of hydrogen-bond donors (Lipinski definition) is 3. The summed E-state index contributed by atoms with van der Waals surface area (Å²) in [6.07, 6.45) is 1.66. The average Bonchev–Trinajstić information content (AvgIpc) is 3.26. The summed E-state index contributed by atoms with van der Waals surface area (Å²) in [6, 6.07) is 11.7. The van der Waals surface area contributed by atoms with E-state index in [0.717, 1.165) is 16.8 Å². The van der Waals surface area contributed by atoms with Gasteiger partial charge in [-0.3, -0.25) is 9.59 Å². The van der Waals surface area contributed by atoms with Crippen LogP contribution in [-0.4, -0.2) is 51.2 Å². The number of rotatable bonds is 11. The third-order valence-electron chi connectivity index (χ3n) is 5.21. The Hall–Kier alpha value is -3.63. The molecular formula is C25H29N5O4S. The van der Waals surface area contributed by atoms with Crippen LogP contribution in [0.25, 0.3) is 0 Å². The number of aliphatic hydroxyl groups excluding tert-OH is 1. The van der Waals surface area contributed by atoms with Crippen molar-refractivity contribution in [1.29, 1.82) is 0 Å². The number of methoxy groups -OCH3 is 1.